The minimum Gasteiger partial charge on any atom is -0.354 e. The van der Waals surface area contributed by atoms with E-state index in [1.807, 2.05) is 11.9 Å². The molecule has 1 saturated heterocycles. The highest BCUT2D eigenvalue weighted by atomic mass is 32.2. The lowest BCUT2D eigenvalue weighted by atomic mass is 10.0. The molecule has 0 spiro atoms. The number of likely N-dealkylation sites (N-methyl/N-ethyl adjacent to an activating group) is 1. The van der Waals surface area contributed by atoms with E-state index >= 15 is 0 Å². The Kier molecular flexibility index (Phi) is 6.69. The number of halogens is 4. The Balaban J connectivity index is 1.69. The Morgan fingerprint density at radius 3 is 2.37 bits per heavy atom. The van der Waals surface area contributed by atoms with Gasteiger partial charge in [-0.15, -0.1) is 0 Å². The minimum absolute atomic E-state index is 0.0893. The summed E-state index contributed by atoms with van der Waals surface area (Å²) in [4.78, 5) is 12.3. The summed E-state index contributed by atoms with van der Waals surface area (Å²) in [7, 11) is -2.27. The molecule has 7 nitrogen and oxygen atoms in total. The number of benzene rings is 1. The van der Waals surface area contributed by atoms with Crippen LogP contribution in [0.15, 0.2) is 53.6 Å². The van der Waals surface area contributed by atoms with Gasteiger partial charge in [0.05, 0.1) is 11.3 Å². The molecule has 1 aliphatic heterocycles. The summed E-state index contributed by atoms with van der Waals surface area (Å²) in [5.41, 5.74) is -1.42. The van der Waals surface area contributed by atoms with Crippen molar-refractivity contribution >= 4 is 21.7 Å². The van der Waals surface area contributed by atoms with Gasteiger partial charge in [-0.25, -0.2) is 14.4 Å². The van der Waals surface area contributed by atoms with Crippen LogP contribution in [0.25, 0.3) is 11.3 Å². The van der Waals surface area contributed by atoms with Gasteiger partial charge in [0.1, 0.15) is 17.5 Å². The first-order chi connectivity index (χ1) is 16.4. The van der Waals surface area contributed by atoms with Crippen molar-refractivity contribution in [2.75, 3.05) is 42.8 Å². The van der Waals surface area contributed by atoms with E-state index < -0.39 is 33.3 Å². The molecule has 2 aromatic heterocycles. The van der Waals surface area contributed by atoms with E-state index in [9.17, 15) is 26.0 Å². The maximum Gasteiger partial charge on any atom is 0.418 e. The number of hydrogen-bond acceptors (Lipinski definition) is 6. The average molecular weight is 510 g/mol. The van der Waals surface area contributed by atoms with Crippen molar-refractivity contribution in [1.29, 1.82) is 0 Å². The van der Waals surface area contributed by atoms with Crippen LogP contribution in [0.5, 0.6) is 0 Å². The Morgan fingerprint density at radius 2 is 1.69 bits per heavy atom. The first-order valence-electron chi connectivity index (χ1n) is 10.7. The van der Waals surface area contributed by atoms with E-state index in [1.165, 1.54) is 19.1 Å². The zero-order valence-corrected chi connectivity index (χ0v) is 19.8. The smallest absolute Gasteiger partial charge is 0.354 e. The molecule has 3 heterocycles. The molecule has 0 atom stereocenters. The van der Waals surface area contributed by atoms with E-state index in [1.54, 1.807) is 12.1 Å². The molecule has 0 aliphatic carbocycles. The van der Waals surface area contributed by atoms with Crippen molar-refractivity contribution in [2.24, 2.45) is 0 Å². The van der Waals surface area contributed by atoms with Crippen LogP contribution in [-0.2, 0) is 16.2 Å². The van der Waals surface area contributed by atoms with E-state index in [0.717, 1.165) is 37.4 Å². The van der Waals surface area contributed by atoms with Crippen LogP contribution in [0, 0.1) is 12.7 Å². The molecule has 1 aliphatic rings. The molecular weight excluding hydrogens is 486 g/mol. The average Bonchev–Trinajstić information content (AvgIpc) is 2.80. The summed E-state index contributed by atoms with van der Waals surface area (Å²) in [5.74, 6) is -0.600. The lowest BCUT2D eigenvalue weighted by Gasteiger charge is -2.33. The van der Waals surface area contributed by atoms with Crippen molar-refractivity contribution in [1.82, 2.24) is 14.9 Å². The van der Waals surface area contributed by atoms with Crippen molar-refractivity contribution in [2.45, 2.75) is 18.1 Å². The number of hydrogen-bond donors (Lipinski definition) is 1. The zero-order valence-electron chi connectivity index (χ0n) is 19.0. The molecule has 186 valence electrons. The van der Waals surface area contributed by atoms with Crippen LogP contribution in [0.2, 0.25) is 0 Å². The van der Waals surface area contributed by atoms with Crippen molar-refractivity contribution in [3.8, 4) is 11.3 Å². The normalized spacial score (nSPS) is 15.3. The number of piperazine rings is 1. The summed E-state index contributed by atoms with van der Waals surface area (Å²) < 4.78 is 83.0. The van der Waals surface area contributed by atoms with Crippen LogP contribution in [0.1, 0.15) is 11.1 Å². The molecule has 1 fully saturated rings. The quantitative estimate of drug-likeness (QED) is 0.521. The Hall–Kier alpha value is -3.25. The van der Waals surface area contributed by atoms with Crippen LogP contribution in [-0.4, -0.2) is 56.5 Å². The zero-order chi connectivity index (χ0) is 25.4. The number of aromatic nitrogens is 2. The van der Waals surface area contributed by atoms with Crippen molar-refractivity contribution in [3.63, 3.8) is 0 Å². The highest BCUT2D eigenvalue weighted by Gasteiger charge is 2.35. The first-order valence-corrected chi connectivity index (χ1v) is 12.2. The molecule has 12 heteroatoms. The molecule has 3 aromatic rings. The molecule has 0 radical (unpaired) electrons. The van der Waals surface area contributed by atoms with Gasteiger partial charge in [-0.1, -0.05) is 12.1 Å². The second-order valence-corrected chi connectivity index (χ2v) is 9.91. The van der Waals surface area contributed by atoms with Gasteiger partial charge in [0, 0.05) is 31.7 Å². The monoisotopic (exact) mass is 509 g/mol. The van der Waals surface area contributed by atoms with Gasteiger partial charge < -0.3 is 9.80 Å². The molecule has 1 N–H and O–H groups in total. The van der Waals surface area contributed by atoms with E-state index in [-0.39, 0.29) is 16.4 Å². The van der Waals surface area contributed by atoms with Crippen LogP contribution < -0.4 is 9.62 Å². The Labute approximate surface area is 200 Å². The molecule has 0 saturated carbocycles. The second kappa shape index (κ2) is 9.42. The number of pyridine rings is 2. The highest BCUT2D eigenvalue weighted by molar-refractivity contribution is 7.92. The first kappa shape index (κ1) is 24.9. The van der Waals surface area contributed by atoms with Crippen LogP contribution in [0.4, 0.5) is 29.2 Å². The lowest BCUT2D eigenvalue weighted by molar-refractivity contribution is -0.137. The molecular formula is C23H23F4N5O2S. The predicted octanol–water partition coefficient (Wildman–Crippen LogP) is 4.16. The molecule has 35 heavy (non-hydrogen) atoms. The summed E-state index contributed by atoms with van der Waals surface area (Å²) in [6, 6.07) is 9.58. The fourth-order valence-electron chi connectivity index (χ4n) is 3.75. The standard InChI is InChI=1S/C23H23F4N5O2S/c1-15-6-7-16(24)14-17(15)22-18(23(25,26)27)8-9-19(28-22)30-35(33,34)21-5-3-4-20(29-21)32-12-10-31(2)11-13-32/h3-9,14H,10-13H2,1-2H3,(H,28,30). The van der Waals surface area contributed by atoms with Crippen LogP contribution in [0.3, 0.4) is 0 Å². The van der Waals surface area contributed by atoms with Gasteiger partial charge in [-0.05, 0) is 55.9 Å². The van der Waals surface area contributed by atoms with Crippen molar-refractivity contribution < 1.29 is 26.0 Å². The topological polar surface area (TPSA) is 78.4 Å². The third-order valence-corrected chi connectivity index (χ3v) is 6.96. The van der Waals surface area contributed by atoms with Crippen molar-refractivity contribution in [3.05, 3.63) is 65.5 Å². The Morgan fingerprint density at radius 1 is 0.971 bits per heavy atom. The van der Waals surface area contributed by atoms with Gasteiger partial charge >= 0.3 is 6.18 Å². The summed E-state index contributed by atoms with van der Waals surface area (Å²) >= 11 is 0. The Bertz CT molecular complexity index is 1340. The largest absolute Gasteiger partial charge is 0.418 e. The molecule has 4 rings (SSSR count). The third-order valence-electron chi connectivity index (χ3n) is 5.71. The summed E-state index contributed by atoms with van der Waals surface area (Å²) in [6.45, 7) is 4.47. The number of alkyl halides is 3. The van der Waals surface area contributed by atoms with Gasteiger partial charge in [0.2, 0.25) is 0 Å². The number of nitrogens with zero attached hydrogens (tertiary/aromatic N) is 4. The fourth-order valence-corrected chi connectivity index (χ4v) is 4.72. The summed E-state index contributed by atoms with van der Waals surface area (Å²) in [6.07, 6.45) is -4.78. The predicted molar refractivity (Wildman–Crippen MR) is 124 cm³/mol. The minimum atomic E-state index is -4.78. The van der Waals surface area contributed by atoms with Gasteiger partial charge in [0.25, 0.3) is 10.0 Å². The number of aryl methyl sites for hydroxylation is 1. The van der Waals surface area contributed by atoms with Gasteiger partial charge in [-0.3, -0.25) is 4.72 Å². The second-order valence-electron chi connectivity index (χ2n) is 8.28. The number of anilines is 2. The van der Waals surface area contributed by atoms with Crippen LogP contribution >= 0.6 is 0 Å². The SMILES string of the molecule is Cc1ccc(F)cc1-c1nc(NS(=O)(=O)c2cccc(N3CCN(C)CC3)n2)ccc1C(F)(F)F. The molecule has 1 aromatic carbocycles. The molecule has 0 unspecified atom stereocenters. The van der Waals surface area contributed by atoms with E-state index in [0.29, 0.717) is 24.5 Å². The molecule has 0 bridgehead atoms. The summed E-state index contributed by atoms with van der Waals surface area (Å²) in [5, 5.41) is -0.292. The lowest BCUT2D eigenvalue weighted by Crippen LogP contribution is -2.44. The highest BCUT2D eigenvalue weighted by Crippen LogP contribution is 2.38. The number of rotatable bonds is 5. The fraction of sp³-hybridized carbons (Fsp3) is 0.304. The number of sulfonamides is 1. The molecule has 0 amide bonds. The van der Waals surface area contributed by atoms with E-state index in [4.69, 9.17) is 0 Å². The maximum absolute atomic E-state index is 13.8. The van der Waals surface area contributed by atoms with Gasteiger partial charge in [-0.2, -0.15) is 21.6 Å². The number of nitrogens with one attached hydrogen (secondary N) is 1. The van der Waals surface area contributed by atoms with Gasteiger partial charge in [0.15, 0.2) is 5.03 Å². The maximum atomic E-state index is 13.8. The van der Waals surface area contributed by atoms with E-state index in [2.05, 4.69) is 19.6 Å². The third kappa shape index (κ3) is 5.54.